The first-order valence-corrected chi connectivity index (χ1v) is 4.99. The van der Waals surface area contributed by atoms with Gasteiger partial charge in [0.25, 0.3) is 0 Å². The Labute approximate surface area is 77.4 Å². The molecule has 12 heavy (non-hydrogen) atoms. The van der Waals surface area contributed by atoms with E-state index < -0.39 is 0 Å². The molecule has 0 aliphatic heterocycles. The molecular formula is C11H24N+. The molecule has 0 N–H and O–H groups in total. The molecule has 1 nitrogen and oxygen atoms in total. The fraction of sp³-hybridized carbons (Fsp3) is 1.00. The minimum Gasteiger partial charge on any atom is -0.324 e. The second kappa shape index (κ2) is 2.47. The van der Waals surface area contributed by atoms with Crippen molar-refractivity contribution < 1.29 is 4.48 Å². The molecule has 0 spiro atoms. The highest BCUT2D eigenvalue weighted by atomic mass is 15.4. The molecule has 0 heterocycles. The van der Waals surface area contributed by atoms with Crippen LogP contribution in [0.15, 0.2) is 0 Å². The topological polar surface area (TPSA) is 0 Å². The van der Waals surface area contributed by atoms with Crippen molar-refractivity contribution in [1.82, 2.24) is 0 Å². The Morgan fingerprint density at radius 3 is 1.83 bits per heavy atom. The summed E-state index contributed by atoms with van der Waals surface area (Å²) in [6, 6.07) is 0. The molecule has 1 rings (SSSR count). The average molecular weight is 170 g/mol. The van der Waals surface area contributed by atoms with Gasteiger partial charge < -0.3 is 4.48 Å². The van der Waals surface area contributed by atoms with Gasteiger partial charge in [-0.3, -0.25) is 0 Å². The smallest absolute Gasteiger partial charge is 0.0903 e. The summed E-state index contributed by atoms with van der Waals surface area (Å²) in [5, 5.41) is 0. The van der Waals surface area contributed by atoms with Crippen LogP contribution in [0.25, 0.3) is 0 Å². The lowest BCUT2D eigenvalue weighted by molar-refractivity contribution is -0.939. The lowest BCUT2D eigenvalue weighted by atomic mass is 9.99. The Bertz CT molecular complexity index is 170. The van der Waals surface area contributed by atoms with Crippen molar-refractivity contribution in [3.63, 3.8) is 0 Å². The summed E-state index contributed by atoms with van der Waals surface area (Å²) in [6.45, 7) is 10.7. The molecule has 1 heteroatoms. The summed E-state index contributed by atoms with van der Waals surface area (Å²) in [7, 11) is 4.70. The van der Waals surface area contributed by atoms with E-state index in [4.69, 9.17) is 0 Å². The molecule has 0 radical (unpaired) electrons. The molecule has 0 saturated heterocycles. The fourth-order valence-electron chi connectivity index (χ4n) is 1.56. The maximum Gasteiger partial charge on any atom is 0.0903 e. The predicted octanol–water partition coefficient (Wildman–Crippen LogP) is 2.66. The highest BCUT2D eigenvalue weighted by Gasteiger charge is 2.46. The quantitative estimate of drug-likeness (QED) is 0.559. The first kappa shape index (κ1) is 10.0. The van der Waals surface area contributed by atoms with Crippen molar-refractivity contribution in [3.05, 3.63) is 0 Å². The summed E-state index contributed by atoms with van der Waals surface area (Å²) < 4.78 is 1.14. The Balaban J connectivity index is 2.60. The minimum atomic E-state index is 0.381. The zero-order valence-corrected chi connectivity index (χ0v) is 9.57. The van der Waals surface area contributed by atoms with E-state index in [-0.39, 0.29) is 0 Å². The van der Waals surface area contributed by atoms with Crippen LogP contribution in [-0.4, -0.2) is 30.7 Å². The van der Waals surface area contributed by atoms with Gasteiger partial charge in [0, 0.05) is 5.41 Å². The van der Waals surface area contributed by atoms with Gasteiger partial charge in [-0.25, -0.2) is 0 Å². The summed E-state index contributed by atoms with van der Waals surface area (Å²) in [5.74, 6) is 0. The van der Waals surface area contributed by atoms with Crippen molar-refractivity contribution in [3.8, 4) is 0 Å². The van der Waals surface area contributed by atoms with Gasteiger partial charge in [0.05, 0.1) is 26.2 Å². The van der Waals surface area contributed by atoms with Crippen LogP contribution in [0.2, 0.25) is 0 Å². The summed E-state index contributed by atoms with van der Waals surface area (Å²) in [4.78, 5) is 0. The lowest BCUT2D eigenvalue weighted by Gasteiger charge is -2.44. The van der Waals surface area contributed by atoms with Crippen molar-refractivity contribution >= 4 is 0 Å². The molecule has 0 aromatic rings. The second-order valence-electron chi connectivity index (χ2n) is 6.32. The summed E-state index contributed by atoms with van der Waals surface area (Å²) >= 11 is 0. The zero-order chi connectivity index (χ0) is 9.62. The van der Waals surface area contributed by atoms with Gasteiger partial charge in [0.1, 0.15) is 0 Å². The Morgan fingerprint density at radius 2 is 1.58 bits per heavy atom. The van der Waals surface area contributed by atoms with Crippen molar-refractivity contribution in [1.29, 1.82) is 0 Å². The van der Waals surface area contributed by atoms with Crippen LogP contribution < -0.4 is 0 Å². The monoisotopic (exact) mass is 170 g/mol. The van der Waals surface area contributed by atoms with Gasteiger partial charge in [0.15, 0.2) is 0 Å². The third kappa shape index (κ3) is 2.01. The maximum absolute atomic E-state index is 2.42. The van der Waals surface area contributed by atoms with Gasteiger partial charge in [-0.15, -0.1) is 0 Å². The van der Waals surface area contributed by atoms with Crippen LogP contribution in [0.1, 0.15) is 40.5 Å². The third-order valence-electron chi connectivity index (χ3n) is 3.70. The maximum atomic E-state index is 2.42. The molecule has 72 valence electrons. The SMILES string of the molecule is CC1(C[N+](C)(C)C(C)(C)C)CC1. The molecule has 1 fully saturated rings. The average Bonchev–Trinajstić information content (AvgIpc) is 2.42. The standard InChI is InChI=1S/C11H24N/c1-10(2,3)12(5,6)9-11(4)7-8-11/h7-9H2,1-6H3/q+1. The van der Waals surface area contributed by atoms with Gasteiger partial charge >= 0.3 is 0 Å². The number of rotatable bonds is 2. The van der Waals surface area contributed by atoms with Crippen LogP contribution in [0, 0.1) is 5.41 Å². The van der Waals surface area contributed by atoms with Crippen molar-refractivity contribution in [2.24, 2.45) is 5.41 Å². The van der Waals surface area contributed by atoms with E-state index in [0.29, 0.717) is 11.0 Å². The molecule has 1 aliphatic rings. The van der Waals surface area contributed by atoms with Gasteiger partial charge in [-0.2, -0.15) is 0 Å². The molecule has 1 saturated carbocycles. The van der Waals surface area contributed by atoms with E-state index in [0.717, 1.165) is 4.48 Å². The molecule has 0 atom stereocenters. The number of hydrogen-bond acceptors (Lipinski definition) is 0. The zero-order valence-electron chi connectivity index (χ0n) is 9.57. The lowest BCUT2D eigenvalue weighted by Crippen LogP contribution is -2.56. The first-order chi connectivity index (χ1) is 5.16. The fourth-order valence-corrected chi connectivity index (χ4v) is 1.56. The van der Waals surface area contributed by atoms with Crippen LogP contribution in [-0.2, 0) is 0 Å². The molecular weight excluding hydrogens is 146 g/mol. The molecule has 0 aromatic carbocycles. The van der Waals surface area contributed by atoms with Crippen molar-refractivity contribution in [2.45, 2.75) is 46.1 Å². The van der Waals surface area contributed by atoms with Crippen molar-refractivity contribution in [2.75, 3.05) is 20.6 Å². The predicted molar refractivity (Wildman–Crippen MR) is 54.1 cm³/mol. The highest BCUT2D eigenvalue weighted by molar-refractivity contribution is 4.88. The van der Waals surface area contributed by atoms with Crippen LogP contribution in [0.4, 0.5) is 0 Å². The summed E-state index contributed by atoms with van der Waals surface area (Å²) in [5.41, 5.74) is 1.04. The van der Waals surface area contributed by atoms with E-state index in [1.54, 1.807) is 0 Å². The van der Waals surface area contributed by atoms with Gasteiger partial charge in [-0.05, 0) is 33.6 Å². The Morgan fingerprint density at radius 1 is 1.17 bits per heavy atom. The minimum absolute atomic E-state index is 0.381. The van der Waals surface area contributed by atoms with E-state index in [9.17, 15) is 0 Å². The number of quaternary nitrogens is 1. The van der Waals surface area contributed by atoms with E-state index in [2.05, 4.69) is 41.8 Å². The van der Waals surface area contributed by atoms with E-state index in [1.807, 2.05) is 0 Å². The van der Waals surface area contributed by atoms with Gasteiger partial charge in [-0.1, -0.05) is 6.92 Å². The van der Waals surface area contributed by atoms with Crippen LogP contribution in [0.3, 0.4) is 0 Å². The molecule has 0 unspecified atom stereocenters. The molecule has 0 bridgehead atoms. The number of hydrogen-bond donors (Lipinski definition) is 0. The highest BCUT2D eigenvalue weighted by Crippen LogP contribution is 2.47. The molecule has 1 aliphatic carbocycles. The Kier molecular flexibility index (Phi) is 2.07. The molecule has 0 aromatic heterocycles. The van der Waals surface area contributed by atoms with E-state index >= 15 is 0 Å². The largest absolute Gasteiger partial charge is 0.324 e. The van der Waals surface area contributed by atoms with E-state index in [1.165, 1.54) is 19.4 Å². The number of nitrogens with zero attached hydrogens (tertiary/aromatic N) is 1. The van der Waals surface area contributed by atoms with Crippen LogP contribution >= 0.6 is 0 Å². The normalized spacial score (nSPS) is 22.5. The first-order valence-electron chi connectivity index (χ1n) is 4.99. The second-order valence-corrected chi connectivity index (χ2v) is 6.32. The summed E-state index contributed by atoms with van der Waals surface area (Å²) in [6.07, 6.45) is 2.87. The Hall–Kier alpha value is -0.0400. The van der Waals surface area contributed by atoms with Gasteiger partial charge in [0.2, 0.25) is 0 Å². The molecule has 0 amide bonds. The third-order valence-corrected chi connectivity index (χ3v) is 3.70. The van der Waals surface area contributed by atoms with Crippen LogP contribution in [0.5, 0.6) is 0 Å².